The number of hydrogen-bond acceptors (Lipinski definition) is 5. The van der Waals surface area contributed by atoms with Gasteiger partial charge in [0.25, 0.3) is 0 Å². The molecule has 3 aromatic rings. The Bertz CT molecular complexity index is 1030. The molecule has 0 fully saturated rings. The Morgan fingerprint density at radius 3 is 2.61 bits per heavy atom. The van der Waals surface area contributed by atoms with Crippen molar-refractivity contribution in [3.8, 4) is 17.1 Å². The van der Waals surface area contributed by atoms with Crippen molar-refractivity contribution in [2.24, 2.45) is 0 Å². The molecule has 7 nitrogen and oxygen atoms in total. The summed E-state index contributed by atoms with van der Waals surface area (Å²) in [5.74, 6) is 0.636. The fourth-order valence-electron chi connectivity index (χ4n) is 3.03. The molecule has 3 rings (SSSR count). The fourth-order valence-corrected chi connectivity index (χ4v) is 3.03. The molecule has 0 aliphatic carbocycles. The summed E-state index contributed by atoms with van der Waals surface area (Å²) < 4.78 is 23.9. The van der Waals surface area contributed by atoms with Crippen LogP contribution in [0.4, 0.5) is 10.1 Å². The summed E-state index contributed by atoms with van der Waals surface area (Å²) >= 11 is 0. The van der Waals surface area contributed by atoms with Crippen LogP contribution in [0.1, 0.15) is 19.2 Å². The van der Waals surface area contributed by atoms with Gasteiger partial charge in [-0.2, -0.15) is 0 Å². The second kappa shape index (κ2) is 10.4. The highest BCUT2D eigenvalue weighted by molar-refractivity contribution is 5.95. The number of para-hydroxylation sites is 2. The monoisotopic (exact) mass is 425 g/mol. The maximum Gasteiger partial charge on any atom is 0.244 e. The van der Waals surface area contributed by atoms with E-state index < -0.39 is 0 Å². The van der Waals surface area contributed by atoms with E-state index in [1.54, 1.807) is 42.6 Å². The highest BCUT2D eigenvalue weighted by Crippen LogP contribution is 2.23. The zero-order valence-electron chi connectivity index (χ0n) is 17.4. The van der Waals surface area contributed by atoms with Crippen molar-refractivity contribution < 1.29 is 23.1 Å². The van der Waals surface area contributed by atoms with E-state index in [0.717, 1.165) is 0 Å². The fraction of sp³-hybridized carbons (Fsp3) is 0.261. The highest BCUT2D eigenvalue weighted by atomic mass is 19.1. The number of hydrogen-bond donors (Lipinski definition) is 1. The van der Waals surface area contributed by atoms with E-state index >= 15 is 0 Å². The number of halogens is 1. The summed E-state index contributed by atoms with van der Waals surface area (Å²) in [5, 5.41) is 2.76. The molecule has 31 heavy (non-hydrogen) atoms. The minimum Gasteiger partial charge on any atom is -0.495 e. The Labute approximate surface area is 179 Å². The standard InChI is InChI=1S/C23H24FN3O4/c1-3-27(15-21(28)26-18-6-4-5-7-19(18)30-2)23(29)13-12-22-25-14-20(31-22)16-8-10-17(24)11-9-16/h4-11,14H,3,12-13,15H2,1-2H3,(H,26,28). The molecule has 1 heterocycles. The molecule has 0 aliphatic rings. The van der Waals surface area contributed by atoms with Gasteiger partial charge < -0.3 is 19.4 Å². The number of anilines is 1. The molecule has 1 aromatic heterocycles. The molecule has 0 saturated carbocycles. The molecule has 8 heteroatoms. The zero-order valence-corrected chi connectivity index (χ0v) is 17.4. The molecule has 0 spiro atoms. The van der Waals surface area contributed by atoms with Gasteiger partial charge in [-0.15, -0.1) is 0 Å². The number of amides is 2. The van der Waals surface area contributed by atoms with E-state index in [0.29, 0.717) is 41.6 Å². The maximum absolute atomic E-state index is 13.1. The zero-order chi connectivity index (χ0) is 22.2. The Kier molecular flexibility index (Phi) is 7.37. The van der Waals surface area contributed by atoms with Gasteiger partial charge in [0, 0.05) is 24.9 Å². The van der Waals surface area contributed by atoms with Crippen LogP contribution in [0.15, 0.2) is 59.1 Å². The van der Waals surface area contributed by atoms with Crippen molar-refractivity contribution in [2.45, 2.75) is 19.8 Å². The van der Waals surface area contributed by atoms with E-state index in [9.17, 15) is 14.0 Å². The molecule has 162 valence electrons. The molecule has 2 aromatic carbocycles. The van der Waals surface area contributed by atoms with Crippen LogP contribution in [0.25, 0.3) is 11.3 Å². The maximum atomic E-state index is 13.1. The van der Waals surface area contributed by atoms with Crippen molar-refractivity contribution in [1.29, 1.82) is 0 Å². The molecule has 2 amide bonds. The van der Waals surface area contributed by atoms with Gasteiger partial charge in [-0.3, -0.25) is 9.59 Å². The number of aromatic nitrogens is 1. The molecule has 1 N–H and O–H groups in total. The first-order valence-electron chi connectivity index (χ1n) is 9.91. The Morgan fingerprint density at radius 2 is 1.90 bits per heavy atom. The summed E-state index contributed by atoms with van der Waals surface area (Å²) in [4.78, 5) is 30.6. The topological polar surface area (TPSA) is 84.7 Å². The van der Waals surface area contributed by atoms with Gasteiger partial charge in [-0.1, -0.05) is 12.1 Å². The van der Waals surface area contributed by atoms with Gasteiger partial charge in [-0.05, 0) is 43.3 Å². The second-order valence-electron chi connectivity index (χ2n) is 6.78. The lowest BCUT2D eigenvalue weighted by Gasteiger charge is -2.20. The number of benzene rings is 2. The van der Waals surface area contributed by atoms with Crippen LogP contribution in [-0.4, -0.2) is 41.9 Å². The van der Waals surface area contributed by atoms with E-state index in [1.807, 2.05) is 6.92 Å². The minimum absolute atomic E-state index is 0.0696. The van der Waals surface area contributed by atoms with Crippen LogP contribution in [-0.2, 0) is 16.0 Å². The average Bonchev–Trinajstić information content (AvgIpc) is 3.25. The number of nitrogens with one attached hydrogen (secondary N) is 1. The SMILES string of the molecule is CCN(CC(=O)Nc1ccccc1OC)C(=O)CCc1ncc(-c2ccc(F)cc2)o1. The van der Waals surface area contributed by atoms with Gasteiger partial charge in [0.2, 0.25) is 11.8 Å². The first-order valence-corrected chi connectivity index (χ1v) is 9.91. The van der Waals surface area contributed by atoms with Gasteiger partial charge >= 0.3 is 0 Å². The van der Waals surface area contributed by atoms with Crippen LogP contribution in [0, 0.1) is 5.82 Å². The molecular formula is C23H24FN3O4. The largest absolute Gasteiger partial charge is 0.495 e. The third-order valence-electron chi connectivity index (χ3n) is 4.68. The van der Waals surface area contributed by atoms with Crippen molar-refractivity contribution in [1.82, 2.24) is 9.88 Å². The molecular weight excluding hydrogens is 401 g/mol. The lowest BCUT2D eigenvalue weighted by molar-refractivity contribution is -0.134. The van der Waals surface area contributed by atoms with Gasteiger partial charge in [0.05, 0.1) is 25.5 Å². The highest BCUT2D eigenvalue weighted by Gasteiger charge is 2.18. The van der Waals surface area contributed by atoms with Gasteiger partial charge in [0.1, 0.15) is 11.6 Å². The van der Waals surface area contributed by atoms with E-state index in [-0.39, 0.29) is 30.6 Å². The first kappa shape index (κ1) is 22.0. The number of likely N-dealkylation sites (N-methyl/N-ethyl adjacent to an activating group) is 1. The molecule has 0 bridgehead atoms. The summed E-state index contributed by atoms with van der Waals surface area (Å²) in [6.45, 7) is 2.14. The van der Waals surface area contributed by atoms with Crippen LogP contribution >= 0.6 is 0 Å². The summed E-state index contributed by atoms with van der Waals surface area (Å²) in [5.41, 5.74) is 1.25. The number of oxazole rings is 1. The quantitative estimate of drug-likeness (QED) is 0.562. The number of rotatable bonds is 9. The Balaban J connectivity index is 1.54. The Morgan fingerprint density at radius 1 is 1.16 bits per heavy atom. The molecule has 0 radical (unpaired) electrons. The van der Waals surface area contributed by atoms with E-state index in [4.69, 9.17) is 9.15 Å². The van der Waals surface area contributed by atoms with Gasteiger partial charge in [0.15, 0.2) is 11.7 Å². The Hall–Kier alpha value is -3.68. The van der Waals surface area contributed by atoms with E-state index in [2.05, 4.69) is 10.3 Å². The minimum atomic E-state index is -0.330. The van der Waals surface area contributed by atoms with Crippen LogP contribution in [0.3, 0.4) is 0 Å². The normalized spacial score (nSPS) is 10.5. The van der Waals surface area contributed by atoms with Crippen molar-refractivity contribution in [3.05, 3.63) is 66.4 Å². The number of aryl methyl sites for hydroxylation is 1. The third-order valence-corrected chi connectivity index (χ3v) is 4.68. The number of carbonyl (C=O) groups excluding carboxylic acids is 2. The van der Waals surface area contributed by atoms with Crippen molar-refractivity contribution in [2.75, 3.05) is 25.5 Å². The predicted molar refractivity (Wildman–Crippen MR) is 114 cm³/mol. The molecule has 0 atom stereocenters. The molecule has 0 aliphatic heterocycles. The number of ether oxygens (including phenoxy) is 1. The number of carbonyl (C=O) groups is 2. The van der Waals surface area contributed by atoms with Crippen LogP contribution in [0.2, 0.25) is 0 Å². The third kappa shape index (κ3) is 5.91. The van der Waals surface area contributed by atoms with Crippen molar-refractivity contribution >= 4 is 17.5 Å². The van der Waals surface area contributed by atoms with Crippen LogP contribution in [0.5, 0.6) is 5.75 Å². The molecule has 0 unspecified atom stereocenters. The van der Waals surface area contributed by atoms with Gasteiger partial charge in [-0.25, -0.2) is 9.37 Å². The predicted octanol–water partition coefficient (Wildman–Crippen LogP) is 3.91. The summed E-state index contributed by atoms with van der Waals surface area (Å²) in [6, 6.07) is 13.0. The summed E-state index contributed by atoms with van der Waals surface area (Å²) in [7, 11) is 1.52. The number of methoxy groups -OCH3 is 1. The van der Waals surface area contributed by atoms with Crippen molar-refractivity contribution in [3.63, 3.8) is 0 Å². The average molecular weight is 425 g/mol. The first-order chi connectivity index (χ1) is 15.0. The summed E-state index contributed by atoms with van der Waals surface area (Å²) in [6.07, 6.45) is 2.00. The van der Waals surface area contributed by atoms with E-state index in [1.165, 1.54) is 24.1 Å². The lowest BCUT2D eigenvalue weighted by Crippen LogP contribution is -2.38. The number of nitrogens with zero attached hydrogens (tertiary/aromatic N) is 2. The molecule has 0 saturated heterocycles. The second-order valence-corrected chi connectivity index (χ2v) is 6.78. The smallest absolute Gasteiger partial charge is 0.244 e. The van der Waals surface area contributed by atoms with Crippen LogP contribution < -0.4 is 10.1 Å². The lowest BCUT2D eigenvalue weighted by atomic mass is 10.2.